The quantitative estimate of drug-likeness (QED) is 0.797. The van der Waals surface area contributed by atoms with Gasteiger partial charge < -0.3 is 9.47 Å². The first-order valence-corrected chi connectivity index (χ1v) is 9.38. The summed E-state index contributed by atoms with van der Waals surface area (Å²) in [4.78, 5) is 15.8. The minimum atomic E-state index is -3.58. The smallest absolute Gasteiger partial charge is 0.314 e. The number of carbonyl (C=O) groups is 1. The van der Waals surface area contributed by atoms with E-state index in [9.17, 15) is 13.2 Å². The number of methoxy groups -OCH3 is 1. The predicted molar refractivity (Wildman–Crippen MR) is 78.9 cm³/mol. The topological polar surface area (TPSA) is 94.6 Å². The van der Waals surface area contributed by atoms with E-state index in [2.05, 4.69) is 9.71 Å². The Morgan fingerprint density at radius 1 is 1.55 bits per heavy atom. The average molecular weight is 346 g/mol. The number of esters is 1. The van der Waals surface area contributed by atoms with E-state index in [1.165, 1.54) is 18.8 Å². The van der Waals surface area contributed by atoms with E-state index in [1.807, 2.05) is 0 Å². The maximum atomic E-state index is 12.2. The van der Waals surface area contributed by atoms with E-state index in [0.717, 1.165) is 30.6 Å². The van der Waals surface area contributed by atoms with Crippen molar-refractivity contribution in [2.75, 3.05) is 20.3 Å². The van der Waals surface area contributed by atoms with Gasteiger partial charge in [-0.3, -0.25) is 9.78 Å². The highest BCUT2D eigenvalue weighted by Crippen LogP contribution is 2.50. The first kappa shape index (κ1) is 15.9. The number of aromatic nitrogens is 1. The van der Waals surface area contributed by atoms with Crippen LogP contribution in [0.3, 0.4) is 0 Å². The Morgan fingerprint density at radius 2 is 2.36 bits per heavy atom. The molecule has 2 fully saturated rings. The summed E-state index contributed by atoms with van der Waals surface area (Å²) in [5.74, 6) is -0.264. The lowest BCUT2D eigenvalue weighted by Crippen LogP contribution is -2.46. The van der Waals surface area contributed by atoms with Gasteiger partial charge in [0.05, 0.1) is 36.4 Å². The second-order valence-corrected chi connectivity index (χ2v) is 8.80. The van der Waals surface area contributed by atoms with E-state index in [4.69, 9.17) is 9.47 Å². The molecule has 1 N–H and O–H groups in total. The van der Waals surface area contributed by atoms with Crippen LogP contribution in [-0.2, 0) is 24.3 Å². The highest BCUT2D eigenvalue weighted by molar-refractivity contribution is 7.91. The highest BCUT2D eigenvalue weighted by atomic mass is 32.2. The summed E-state index contributed by atoms with van der Waals surface area (Å²) in [7, 11) is -2.21. The number of ether oxygens (including phenoxy) is 2. The summed E-state index contributed by atoms with van der Waals surface area (Å²) < 4.78 is 37.9. The van der Waals surface area contributed by atoms with Crippen LogP contribution < -0.4 is 4.72 Å². The zero-order valence-corrected chi connectivity index (χ0v) is 13.8. The largest absolute Gasteiger partial charge is 0.469 e. The molecule has 2 bridgehead atoms. The molecule has 0 aromatic carbocycles. The Kier molecular flexibility index (Phi) is 4.00. The van der Waals surface area contributed by atoms with E-state index in [-0.39, 0.29) is 16.7 Å². The van der Waals surface area contributed by atoms with Gasteiger partial charge in [-0.2, -0.15) is 0 Å². The summed E-state index contributed by atoms with van der Waals surface area (Å²) in [6.45, 7) is 0.452. The Balaban J connectivity index is 1.72. The van der Waals surface area contributed by atoms with Crippen LogP contribution in [0.5, 0.6) is 0 Å². The number of hydrogen-bond donors (Lipinski definition) is 1. The first-order chi connectivity index (χ1) is 10.4. The van der Waals surface area contributed by atoms with Gasteiger partial charge in [0.2, 0.25) is 0 Å². The van der Waals surface area contributed by atoms with Gasteiger partial charge >= 0.3 is 5.97 Å². The summed E-state index contributed by atoms with van der Waals surface area (Å²) in [6, 6.07) is 0. The van der Waals surface area contributed by atoms with Crippen LogP contribution in [0, 0.1) is 5.41 Å². The van der Waals surface area contributed by atoms with Crippen molar-refractivity contribution in [1.29, 1.82) is 0 Å². The van der Waals surface area contributed by atoms with Crippen LogP contribution in [0.25, 0.3) is 0 Å². The molecule has 2 aliphatic rings. The van der Waals surface area contributed by atoms with Crippen LogP contribution in [0.4, 0.5) is 0 Å². The molecule has 122 valence electrons. The third-order valence-corrected chi connectivity index (χ3v) is 7.15. The minimum Gasteiger partial charge on any atom is -0.469 e. The van der Waals surface area contributed by atoms with Gasteiger partial charge in [-0.25, -0.2) is 13.1 Å². The Labute approximate surface area is 133 Å². The van der Waals surface area contributed by atoms with Crippen molar-refractivity contribution >= 4 is 27.3 Å². The van der Waals surface area contributed by atoms with Gasteiger partial charge in [-0.05, 0) is 25.7 Å². The number of thiazole rings is 1. The minimum absolute atomic E-state index is 0.159. The molecule has 1 saturated heterocycles. The fourth-order valence-corrected chi connectivity index (χ4v) is 5.32. The lowest BCUT2D eigenvalue weighted by molar-refractivity contribution is -0.153. The molecule has 1 aliphatic heterocycles. The zero-order chi connectivity index (χ0) is 15.8. The van der Waals surface area contributed by atoms with Crippen molar-refractivity contribution in [3.8, 4) is 0 Å². The molecule has 1 aromatic rings. The molecular formula is C13H18N2O5S2. The number of nitrogens with zero attached hydrogens (tertiary/aromatic N) is 1. The van der Waals surface area contributed by atoms with Gasteiger partial charge in [0.25, 0.3) is 10.0 Å². The molecule has 1 aromatic heterocycles. The monoisotopic (exact) mass is 346 g/mol. The Bertz CT molecular complexity index is 660. The lowest BCUT2D eigenvalue weighted by Gasteiger charge is -2.35. The maximum Gasteiger partial charge on any atom is 0.314 e. The van der Waals surface area contributed by atoms with Gasteiger partial charge in [0.1, 0.15) is 0 Å². The third-order valence-electron chi connectivity index (χ3n) is 4.48. The van der Waals surface area contributed by atoms with Crippen LogP contribution in [0.1, 0.15) is 25.7 Å². The molecule has 0 amide bonds. The van der Waals surface area contributed by atoms with Crippen molar-refractivity contribution < 1.29 is 22.7 Å². The molecule has 22 heavy (non-hydrogen) atoms. The number of sulfonamides is 1. The molecule has 2 unspecified atom stereocenters. The molecule has 2 atom stereocenters. The van der Waals surface area contributed by atoms with Crippen molar-refractivity contribution in [3.63, 3.8) is 0 Å². The van der Waals surface area contributed by atoms with Crippen molar-refractivity contribution in [2.45, 2.75) is 35.5 Å². The third kappa shape index (κ3) is 2.66. The van der Waals surface area contributed by atoms with Crippen LogP contribution in [0.2, 0.25) is 0 Å². The fourth-order valence-electron chi connectivity index (χ4n) is 3.37. The summed E-state index contributed by atoms with van der Waals surface area (Å²) in [5.41, 5.74) is 0.231. The van der Waals surface area contributed by atoms with Gasteiger partial charge in [0, 0.05) is 6.54 Å². The normalized spacial score (nSPS) is 31.1. The van der Waals surface area contributed by atoms with Crippen LogP contribution in [-0.4, -0.2) is 45.2 Å². The molecule has 1 saturated carbocycles. The number of fused-ring (bicyclic) bond motifs is 2. The summed E-state index contributed by atoms with van der Waals surface area (Å²) >= 11 is 1.06. The lowest BCUT2D eigenvalue weighted by atomic mass is 9.70. The Hall–Kier alpha value is -1.03. The van der Waals surface area contributed by atoms with E-state index in [0.29, 0.717) is 13.0 Å². The van der Waals surface area contributed by atoms with Gasteiger partial charge in [-0.15, -0.1) is 11.3 Å². The van der Waals surface area contributed by atoms with E-state index < -0.39 is 21.0 Å². The van der Waals surface area contributed by atoms with Crippen LogP contribution >= 0.6 is 11.3 Å². The molecule has 3 rings (SSSR count). The van der Waals surface area contributed by atoms with E-state index >= 15 is 0 Å². The number of carbonyl (C=O) groups excluding carboxylic acids is 1. The number of hydrogen-bond acceptors (Lipinski definition) is 7. The molecule has 2 heterocycles. The number of nitrogens with one attached hydrogen (secondary N) is 1. The van der Waals surface area contributed by atoms with Crippen molar-refractivity contribution in [3.05, 3.63) is 11.7 Å². The van der Waals surface area contributed by atoms with E-state index in [1.54, 1.807) is 0 Å². The average Bonchev–Trinajstić information content (AvgIpc) is 3.13. The summed E-state index contributed by atoms with van der Waals surface area (Å²) in [5, 5.41) is 0. The van der Waals surface area contributed by atoms with Crippen molar-refractivity contribution in [1.82, 2.24) is 9.71 Å². The zero-order valence-electron chi connectivity index (χ0n) is 12.2. The standard InChI is InChI=1S/C13H18N2O5S2/c1-19-11(16)12-3-2-4-13(6-12,20-8-12)7-15-22(17,18)10-5-14-9-21-10/h5,9,15H,2-4,6-8H2,1H3. The van der Waals surface area contributed by atoms with Gasteiger partial charge in [0.15, 0.2) is 4.21 Å². The second kappa shape index (κ2) is 5.55. The molecule has 0 spiro atoms. The van der Waals surface area contributed by atoms with Gasteiger partial charge in [-0.1, -0.05) is 0 Å². The summed E-state index contributed by atoms with van der Waals surface area (Å²) in [6.07, 6.45) is 4.09. The molecule has 9 heteroatoms. The predicted octanol–water partition coefficient (Wildman–Crippen LogP) is 0.924. The maximum absolute atomic E-state index is 12.2. The number of rotatable bonds is 5. The fraction of sp³-hybridized carbons (Fsp3) is 0.692. The highest BCUT2D eigenvalue weighted by Gasteiger charge is 2.57. The molecule has 1 aliphatic carbocycles. The molecule has 7 nitrogen and oxygen atoms in total. The van der Waals surface area contributed by atoms with Crippen molar-refractivity contribution in [2.24, 2.45) is 5.41 Å². The Morgan fingerprint density at radius 3 is 3.05 bits per heavy atom. The first-order valence-electron chi connectivity index (χ1n) is 7.02. The molecule has 0 radical (unpaired) electrons. The van der Waals surface area contributed by atoms with Crippen LogP contribution in [0.15, 0.2) is 15.9 Å². The SMILES string of the molecule is COC(=O)C12CCCC(CNS(=O)(=O)c3cncs3)(C1)OC2. The molecular weight excluding hydrogens is 328 g/mol. The second-order valence-electron chi connectivity index (χ2n) is 5.92.